The zero-order valence-corrected chi connectivity index (χ0v) is 15.0. The van der Waals surface area contributed by atoms with Gasteiger partial charge in [0.05, 0.1) is 5.75 Å². The van der Waals surface area contributed by atoms with E-state index in [4.69, 9.17) is 0 Å². The molecular weight excluding hydrogens is 290 g/mol. The highest BCUT2D eigenvalue weighted by Crippen LogP contribution is 2.52. The van der Waals surface area contributed by atoms with Crippen molar-refractivity contribution in [2.45, 2.75) is 57.9 Å². The van der Waals surface area contributed by atoms with Crippen LogP contribution in [0.5, 0.6) is 0 Å². The summed E-state index contributed by atoms with van der Waals surface area (Å²) in [4.78, 5) is 16.1. The summed E-state index contributed by atoms with van der Waals surface area (Å²) in [5, 5.41) is 0. The van der Waals surface area contributed by atoms with Crippen LogP contribution in [0.4, 0.5) is 0 Å². The number of amides is 1. The van der Waals surface area contributed by atoms with Crippen molar-refractivity contribution >= 4 is 17.7 Å². The van der Waals surface area contributed by atoms with E-state index in [1.165, 1.54) is 23.3 Å². The lowest BCUT2D eigenvalue weighted by Gasteiger charge is -2.39. The van der Waals surface area contributed by atoms with Crippen LogP contribution in [0.25, 0.3) is 0 Å². The molecule has 1 amide bonds. The van der Waals surface area contributed by atoms with E-state index < -0.39 is 0 Å². The first-order valence-corrected chi connectivity index (χ1v) is 9.24. The summed E-state index contributed by atoms with van der Waals surface area (Å²) in [5.41, 5.74) is 1.96. The van der Waals surface area contributed by atoms with Gasteiger partial charge >= 0.3 is 0 Å². The maximum atomic E-state index is 12.7. The monoisotopic (exact) mass is 317 g/mol. The van der Waals surface area contributed by atoms with Gasteiger partial charge in [0.15, 0.2) is 0 Å². The Morgan fingerprint density at radius 2 is 1.91 bits per heavy atom. The summed E-state index contributed by atoms with van der Waals surface area (Å²) in [7, 11) is 0. The zero-order chi connectivity index (χ0) is 16.0. The maximum Gasteiger partial charge on any atom is 0.233 e. The van der Waals surface area contributed by atoms with Gasteiger partial charge in [0.1, 0.15) is 0 Å². The molecule has 2 atom stereocenters. The maximum absolute atomic E-state index is 12.7. The van der Waals surface area contributed by atoms with Crippen LogP contribution < -0.4 is 0 Å². The Morgan fingerprint density at radius 1 is 1.23 bits per heavy atom. The number of rotatable bonds is 3. The third-order valence-corrected chi connectivity index (χ3v) is 6.12. The molecule has 1 aromatic rings. The molecule has 0 aromatic heterocycles. The Balaban J connectivity index is 1.62. The van der Waals surface area contributed by atoms with E-state index in [9.17, 15) is 4.79 Å². The molecule has 3 heteroatoms. The molecule has 2 bridgehead atoms. The van der Waals surface area contributed by atoms with Crippen molar-refractivity contribution in [2.75, 3.05) is 12.3 Å². The van der Waals surface area contributed by atoms with E-state index >= 15 is 0 Å². The Kier molecular flexibility index (Phi) is 4.05. The average Bonchev–Trinajstić information content (AvgIpc) is 2.67. The minimum Gasteiger partial charge on any atom is -0.338 e. The van der Waals surface area contributed by atoms with Crippen LogP contribution in [0.1, 0.15) is 45.6 Å². The van der Waals surface area contributed by atoms with E-state index in [0.717, 1.165) is 13.0 Å². The van der Waals surface area contributed by atoms with Gasteiger partial charge in [-0.3, -0.25) is 4.79 Å². The Hall–Kier alpha value is -0.960. The second kappa shape index (κ2) is 5.59. The molecule has 1 aliphatic heterocycles. The quantitative estimate of drug-likeness (QED) is 0.764. The average molecular weight is 317 g/mol. The minimum absolute atomic E-state index is 0.317. The van der Waals surface area contributed by atoms with Gasteiger partial charge in [0.2, 0.25) is 5.91 Å². The molecule has 0 radical (unpaired) electrons. The van der Waals surface area contributed by atoms with E-state index in [1.807, 2.05) is 0 Å². The fourth-order valence-electron chi connectivity index (χ4n) is 4.61. The molecule has 2 fully saturated rings. The molecule has 1 heterocycles. The van der Waals surface area contributed by atoms with Crippen LogP contribution in [0.2, 0.25) is 0 Å². The summed E-state index contributed by atoms with van der Waals surface area (Å²) in [5.74, 6) is 0.882. The SMILES string of the molecule is Cc1ccc(SCC(=O)N2CC3(C)CC2CC(C)(C)C3)cc1. The van der Waals surface area contributed by atoms with Crippen molar-refractivity contribution in [1.82, 2.24) is 4.90 Å². The lowest BCUT2D eigenvalue weighted by atomic mass is 9.65. The van der Waals surface area contributed by atoms with E-state index in [2.05, 4.69) is 56.9 Å². The van der Waals surface area contributed by atoms with Crippen molar-refractivity contribution < 1.29 is 4.79 Å². The van der Waals surface area contributed by atoms with Gasteiger partial charge in [-0.2, -0.15) is 0 Å². The van der Waals surface area contributed by atoms with Gasteiger partial charge in [0.25, 0.3) is 0 Å². The highest BCUT2D eigenvalue weighted by Gasteiger charge is 2.50. The van der Waals surface area contributed by atoms with Crippen LogP contribution in [-0.2, 0) is 4.79 Å². The van der Waals surface area contributed by atoms with Gasteiger partial charge in [-0.05, 0) is 49.1 Å². The smallest absolute Gasteiger partial charge is 0.233 e. The summed E-state index contributed by atoms with van der Waals surface area (Å²) < 4.78 is 0. The van der Waals surface area contributed by atoms with Crippen molar-refractivity contribution in [3.8, 4) is 0 Å². The van der Waals surface area contributed by atoms with Crippen molar-refractivity contribution in [3.05, 3.63) is 29.8 Å². The molecule has 22 heavy (non-hydrogen) atoms. The van der Waals surface area contributed by atoms with Crippen molar-refractivity contribution in [1.29, 1.82) is 0 Å². The largest absolute Gasteiger partial charge is 0.338 e. The highest BCUT2D eigenvalue weighted by atomic mass is 32.2. The van der Waals surface area contributed by atoms with E-state index in [-0.39, 0.29) is 0 Å². The molecular formula is C19H27NOS. The summed E-state index contributed by atoms with van der Waals surface area (Å²) >= 11 is 1.67. The number of likely N-dealkylation sites (tertiary alicyclic amines) is 1. The highest BCUT2D eigenvalue weighted by molar-refractivity contribution is 8.00. The Morgan fingerprint density at radius 3 is 2.59 bits per heavy atom. The first-order valence-electron chi connectivity index (χ1n) is 8.25. The number of benzene rings is 1. The summed E-state index contributed by atoms with van der Waals surface area (Å²) in [6.45, 7) is 10.1. The molecule has 0 N–H and O–H groups in total. The van der Waals surface area contributed by atoms with E-state index in [1.54, 1.807) is 11.8 Å². The Labute approximate surface area is 138 Å². The number of hydrogen-bond donors (Lipinski definition) is 0. The number of nitrogens with zero attached hydrogens (tertiary/aromatic N) is 1. The van der Waals surface area contributed by atoms with Crippen LogP contribution in [0.3, 0.4) is 0 Å². The third-order valence-electron chi connectivity index (χ3n) is 5.12. The van der Waals surface area contributed by atoms with Gasteiger partial charge in [0, 0.05) is 17.5 Å². The minimum atomic E-state index is 0.317. The fraction of sp³-hybridized carbons (Fsp3) is 0.632. The van der Waals surface area contributed by atoms with Crippen LogP contribution in [0, 0.1) is 17.8 Å². The summed E-state index contributed by atoms with van der Waals surface area (Å²) in [6.07, 6.45) is 3.59. The number of thioether (sulfide) groups is 1. The molecule has 2 unspecified atom stereocenters. The molecule has 3 rings (SSSR count). The van der Waals surface area contributed by atoms with Gasteiger partial charge in [-0.15, -0.1) is 11.8 Å². The first kappa shape index (κ1) is 15.9. The first-order chi connectivity index (χ1) is 10.3. The number of carbonyl (C=O) groups is 1. The molecule has 1 aliphatic carbocycles. The molecule has 120 valence electrons. The second-order valence-electron chi connectivity index (χ2n) is 8.34. The standard InChI is InChI=1S/C19H27NOS/c1-14-5-7-16(8-6-14)22-11-17(21)20-13-19(4)10-15(20)9-18(2,3)12-19/h5-8,15H,9-13H2,1-4H3. The van der Waals surface area contributed by atoms with Crippen LogP contribution >= 0.6 is 11.8 Å². The molecule has 0 spiro atoms. The zero-order valence-electron chi connectivity index (χ0n) is 14.2. The third kappa shape index (κ3) is 3.34. The molecule has 1 saturated heterocycles. The van der Waals surface area contributed by atoms with E-state index in [0.29, 0.717) is 28.5 Å². The topological polar surface area (TPSA) is 20.3 Å². The predicted molar refractivity (Wildman–Crippen MR) is 93.1 cm³/mol. The number of aryl methyl sites for hydroxylation is 1. The molecule has 2 aliphatic rings. The predicted octanol–water partition coefficient (Wildman–Crippen LogP) is 4.51. The number of carbonyl (C=O) groups excluding carboxylic acids is 1. The van der Waals surface area contributed by atoms with Gasteiger partial charge in [-0.1, -0.05) is 38.5 Å². The molecule has 2 nitrogen and oxygen atoms in total. The van der Waals surface area contributed by atoms with Gasteiger partial charge in [-0.25, -0.2) is 0 Å². The molecule has 1 saturated carbocycles. The summed E-state index contributed by atoms with van der Waals surface area (Å²) in [6, 6.07) is 8.90. The van der Waals surface area contributed by atoms with Crippen molar-refractivity contribution in [2.24, 2.45) is 10.8 Å². The fourth-order valence-corrected chi connectivity index (χ4v) is 5.40. The van der Waals surface area contributed by atoms with Crippen molar-refractivity contribution in [3.63, 3.8) is 0 Å². The lowest BCUT2D eigenvalue weighted by Crippen LogP contribution is -2.38. The number of fused-ring (bicyclic) bond motifs is 2. The lowest BCUT2D eigenvalue weighted by molar-refractivity contribution is -0.129. The van der Waals surface area contributed by atoms with Crippen LogP contribution in [0.15, 0.2) is 29.2 Å². The molecule has 1 aromatic carbocycles. The van der Waals surface area contributed by atoms with Crippen LogP contribution in [-0.4, -0.2) is 29.1 Å². The number of hydrogen-bond acceptors (Lipinski definition) is 2. The normalized spacial score (nSPS) is 29.6. The van der Waals surface area contributed by atoms with Gasteiger partial charge < -0.3 is 4.90 Å². The second-order valence-corrected chi connectivity index (χ2v) is 9.39. The Bertz CT molecular complexity index is 565.